The van der Waals surface area contributed by atoms with Crippen molar-refractivity contribution >= 4 is 15.9 Å². The minimum Gasteiger partial charge on any atom is -0.376 e. The Morgan fingerprint density at radius 3 is 2.42 bits per heavy atom. The Bertz CT molecular complexity index is 110. The van der Waals surface area contributed by atoms with Gasteiger partial charge in [-0.1, -0.05) is 22.9 Å². The number of halogens is 1. The zero-order valence-corrected chi connectivity index (χ0v) is 10.3. The smallest absolute Gasteiger partial charge is 0.0626 e. The van der Waals surface area contributed by atoms with Crippen molar-refractivity contribution in [3.05, 3.63) is 0 Å². The third-order valence-electron chi connectivity index (χ3n) is 1.92. The summed E-state index contributed by atoms with van der Waals surface area (Å²) in [6, 6.07) is 0. The molecule has 1 atom stereocenters. The molecule has 0 aliphatic heterocycles. The second-order valence-corrected chi connectivity index (χ2v) is 5.43. The van der Waals surface area contributed by atoms with Gasteiger partial charge in [0, 0.05) is 11.4 Å². The van der Waals surface area contributed by atoms with Crippen LogP contribution in [-0.2, 0) is 4.74 Å². The number of hydrogen-bond acceptors (Lipinski definition) is 1. The Hall–Kier alpha value is 0.440. The maximum absolute atomic E-state index is 5.60. The Balaban J connectivity index is 3.46. The fourth-order valence-electron chi connectivity index (χ4n) is 1.27. The zero-order chi connectivity index (χ0) is 9.61. The third kappa shape index (κ3) is 7.11. The molecule has 0 aromatic heterocycles. The second-order valence-electron chi connectivity index (χ2n) is 3.87. The van der Waals surface area contributed by atoms with Gasteiger partial charge in [0.05, 0.1) is 5.60 Å². The summed E-state index contributed by atoms with van der Waals surface area (Å²) in [5.74, 6) is 0. The van der Waals surface area contributed by atoms with Gasteiger partial charge in [0.15, 0.2) is 0 Å². The molecule has 0 spiro atoms. The normalized spacial score (nSPS) is 14.8. The van der Waals surface area contributed by atoms with Crippen LogP contribution in [0.5, 0.6) is 0 Å². The highest BCUT2D eigenvalue weighted by molar-refractivity contribution is 9.09. The van der Waals surface area contributed by atoms with Crippen LogP contribution in [0.4, 0.5) is 0 Å². The summed E-state index contributed by atoms with van der Waals surface area (Å²) in [4.78, 5) is 0.634. The molecule has 0 bridgehead atoms. The van der Waals surface area contributed by atoms with Crippen molar-refractivity contribution in [2.75, 3.05) is 6.61 Å². The van der Waals surface area contributed by atoms with E-state index in [0.717, 1.165) is 13.0 Å². The molecule has 0 aromatic rings. The molecule has 0 aromatic carbocycles. The van der Waals surface area contributed by atoms with Crippen molar-refractivity contribution in [1.82, 2.24) is 0 Å². The highest BCUT2D eigenvalue weighted by Crippen LogP contribution is 2.19. The summed E-state index contributed by atoms with van der Waals surface area (Å²) in [7, 11) is 0. The van der Waals surface area contributed by atoms with Crippen LogP contribution in [-0.4, -0.2) is 17.0 Å². The van der Waals surface area contributed by atoms with Crippen LogP contribution in [0.2, 0.25) is 0 Å². The molecule has 0 fully saturated rings. The van der Waals surface area contributed by atoms with E-state index in [1.807, 2.05) is 0 Å². The van der Waals surface area contributed by atoms with Gasteiger partial charge in [0.25, 0.3) is 0 Å². The van der Waals surface area contributed by atoms with Crippen LogP contribution in [0.3, 0.4) is 0 Å². The molecule has 74 valence electrons. The molecule has 0 aliphatic rings. The van der Waals surface area contributed by atoms with E-state index in [1.165, 1.54) is 12.8 Å². The lowest BCUT2D eigenvalue weighted by molar-refractivity contribution is -0.0176. The van der Waals surface area contributed by atoms with Crippen LogP contribution >= 0.6 is 15.9 Å². The van der Waals surface area contributed by atoms with Crippen LogP contribution in [0, 0.1) is 0 Å². The highest BCUT2D eigenvalue weighted by atomic mass is 79.9. The van der Waals surface area contributed by atoms with Crippen molar-refractivity contribution in [1.29, 1.82) is 0 Å². The second kappa shape index (κ2) is 5.98. The molecule has 0 heterocycles. The average molecular weight is 237 g/mol. The topological polar surface area (TPSA) is 9.23 Å². The van der Waals surface area contributed by atoms with Gasteiger partial charge in [-0.3, -0.25) is 0 Å². The van der Waals surface area contributed by atoms with E-state index in [9.17, 15) is 0 Å². The van der Waals surface area contributed by atoms with Crippen LogP contribution in [0.25, 0.3) is 0 Å². The first-order chi connectivity index (χ1) is 5.48. The summed E-state index contributed by atoms with van der Waals surface area (Å²) in [5.41, 5.74) is 0.0661. The van der Waals surface area contributed by atoms with Crippen LogP contribution < -0.4 is 0 Å². The van der Waals surface area contributed by atoms with E-state index in [2.05, 4.69) is 43.6 Å². The quantitative estimate of drug-likeness (QED) is 0.639. The van der Waals surface area contributed by atoms with Gasteiger partial charge in [-0.05, 0) is 40.0 Å². The van der Waals surface area contributed by atoms with Gasteiger partial charge in [-0.15, -0.1) is 0 Å². The Labute approximate surface area is 85.0 Å². The van der Waals surface area contributed by atoms with Crippen molar-refractivity contribution in [3.8, 4) is 0 Å². The minimum absolute atomic E-state index is 0.0661. The fourth-order valence-corrected chi connectivity index (χ4v) is 1.60. The molecule has 0 saturated carbocycles. The predicted octanol–water partition coefficient (Wildman–Crippen LogP) is 3.76. The predicted molar refractivity (Wildman–Crippen MR) is 57.9 cm³/mol. The third-order valence-corrected chi connectivity index (χ3v) is 2.37. The summed E-state index contributed by atoms with van der Waals surface area (Å²) >= 11 is 3.54. The maximum atomic E-state index is 5.60. The minimum atomic E-state index is 0.0661. The van der Waals surface area contributed by atoms with Crippen molar-refractivity contribution in [2.24, 2.45) is 0 Å². The van der Waals surface area contributed by atoms with Gasteiger partial charge in [-0.25, -0.2) is 0 Å². The van der Waals surface area contributed by atoms with Gasteiger partial charge in [0.2, 0.25) is 0 Å². The Morgan fingerprint density at radius 2 is 2.00 bits per heavy atom. The lowest BCUT2D eigenvalue weighted by atomic mass is 10.0. The van der Waals surface area contributed by atoms with E-state index in [-0.39, 0.29) is 5.60 Å². The lowest BCUT2D eigenvalue weighted by Crippen LogP contribution is -2.24. The monoisotopic (exact) mass is 236 g/mol. The first kappa shape index (κ1) is 12.4. The molecule has 12 heavy (non-hydrogen) atoms. The van der Waals surface area contributed by atoms with Gasteiger partial charge < -0.3 is 4.74 Å². The molecule has 0 saturated heterocycles. The molecule has 0 radical (unpaired) electrons. The molecule has 1 unspecified atom stereocenters. The molecule has 2 heteroatoms. The van der Waals surface area contributed by atoms with Gasteiger partial charge in [-0.2, -0.15) is 0 Å². The number of alkyl halides is 1. The summed E-state index contributed by atoms with van der Waals surface area (Å²) < 4.78 is 5.60. The fraction of sp³-hybridized carbons (Fsp3) is 1.00. The average Bonchev–Trinajstić information content (AvgIpc) is 1.85. The van der Waals surface area contributed by atoms with E-state index >= 15 is 0 Å². The van der Waals surface area contributed by atoms with Crippen LogP contribution in [0.15, 0.2) is 0 Å². The molecular formula is C10H21BrO. The number of hydrogen-bond donors (Lipinski definition) is 0. The van der Waals surface area contributed by atoms with E-state index in [1.54, 1.807) is 0 Å². The van der Waals surface area contributed by atoms with Gasteiger partial charge in [0.1, 0.15) is 0 Å². The van der Waals surface area contributed by atoms with E-state index < -0.39 is 0 Å². The number of rotatable bonds is 6. The maximum Gasteiger partial charge on any atom is 0.0626 e. The lowest BCUT2D eigenvalue weighted by Gasteiger charge is -2.24. The van der Waals surface area contributed by atoms with Crippen LogP contribution in [0.1, 0.15) is 47.0 Å². The van der Waals surface area contributed by atoms with Crippen molar-refractivity contribution in [2.45, 2.75) is 57.4 Å². The summed E-state index contributed by atoms with van der Waals surface area (Å²) in [6.45, 7) is 9.38. The summed E-state index contributed by atoms with van der Waals surface area (Å²) in [6.07, 6.45) is 3.62. The molecule has 1 nitrogen and oxygen atoms in total. The molecule has 0 aliphatic carbocycles. The first-order valence-corrected chi connectivity index (χ1v) is 5.67. The van der Waals surface area contributed by atoms with E-state index in [4.69, 9.17) is 4.74 Å². The van der Waals surface area contributed by atoms with Gasteiger partial charge >= 0.3 is 0 Å². The Morgan fingerprint density at radius 1 is 1.42 bits per heavy atom. The molecule has 0 rings (SSSR count). The SMILES string of the molecule is CCOC(C)(C)CCCC(C)Br. The molecular weight excluding hydrogens is 216 g/mol. The Kier molecular flexibility index (Phi) is 6.20. The summed E-state index contributed by atoms with van der Waals surface area (Å²) in [5, 5.41) is 0. The van der Waals surface area contributed by atoms with E-state index in [0.29, 0.717) is 4.83 Å². The largest absolute Gasteiger partial charge is 0.376 e. The standard InChI is InChI=1S/C10H21BrO/c1-5-12-10(3,4)8-6-7-9(2)11/h9H,5-8H2,1-4H3. The highest BCUT2D eigenvalue weighted by Gasteiger charge is 2.16. The zero-order valence-electron chi connectivity index (χ0n) is 8.69. The molecule has 0 amide bonds. The van der Waals surface area contributed by atoms with Crippen molar-refractivity contribution < 1.29 is 4.74 Å². The number of ether oxygens (including phenoxy) is 1. The first-order valence-electron chi connectivity index (χ1n) is 4.76. The molecule has 0 N–H and O–H groups in total. The van der Waals surface area contributed by atoms with Crippen molar-refractivity contribution in [3.63, 3.8) is 0 Å².